The van der Waals surface area contributed by atoms with Gasteiger partial charge in [0.15, 0.2) is 5.60 Å². The van der Waals surface area contributed by atoms with Gasteiger partial charge in [-0.2, -0.15) is 0 Å². The molecule has 132 valence electrons. The summed E-state index contributed by atoms with van der Waals surface area (Å²) in [4.78, 5) is 17.5. The van der Waals surface area contributed by atoms with E-state index in [0.29, 0.717) is 16.8 Å². The van der Waals surface area contributed by atoms with Gasteiger partial charge in [-0.1, -0.05) is 78.9 Å². The van der Waals surface area contributed by atoms with Gasteiger partial charge in [0, 0.05) is 5.39 Å². The van der Waals surface area contributed by atoms with Gasteiger partial charge in [-0.05, 0) is 23.3 Å². The normalized spacial score (nSPS) is 11.3. The quantitative estimate of drug-likeness (QED) is 0.580. The summed E-state index contributed by atoms with van der Waals surface area (Å²) in [6, 6.07) is 27.4. The van der Waals surface area contributed by atoms with Gasteiger partial charge in [0.05, 0.1) is 17.4 Å². The minimum absolute atomic E-state index is 0.502. The Labute approximate surface area is 157 Å². The number of aliphatic hydroxyl groups is 1. The van der Waals surface area contributed by atoms with Crippen molar-refractivity contribution in [2.75, 3.05) is 5.32 Å². The third kappa shape index (κ3) is 3.18. The Morgan fingerprint density at radius 2 is 1.37 bits per heavy atom. The Balaban J connectivity index is 1.74. The number of aromatic nitrogens is 1. The Morgan fingerprint density at radius 3 is 2.00 bits per heavy atom. The molecule has 4 rings (SSSR count). The predicted molar refractivity (Wildman–Crippen MR) is 106 cm³/mol. The van der Waals surface area contributed by atoms with E-state index in [1.54, 1.807) is 54.7 Å². The Kier molecular flexibility index (Phi) is 4.40. The number of carbonyl (C=O) groups excluding carboxylic acids is 1. The summed E-state index contributed by atoms with van der Waals surface area (Å²) in [7, 11) is 0. The fourth-order valence-corrected chi connectivity index (χ4v) is 3.15. The highest BCUT2D eigenvalue weighted by Gasteiger charge is 2.39. The standard InChI is InChI=1S/C23H18N2O2/c26-22(25-20-15-17-9-7-8-14-21(17)24-16-20)23(27,18-10-3-1-4-11-18)19-12-5-2-6-13-19/h1-16,27H,(H,25,26). The van der Waals surface area contributed by atoms with E-state index in [1.165, 1.54) is 0 Å². The number of anilines is 1. The number of fused-ring (bicyclic) bond motifs is 1. The molecule has 0 atom stereocenters. The van der Waals surface area contributed by atoms with Crippen LogP contribution in [0.2, 0.25) is 0 Å². The molecule has 1 heterocycles. The summed E-state index contributed by atoms with van der Waals surface area (Å²) >= 11 is 0. The molecule has 2 N–H and O–H groups in total. The number of carbonyl (C=O) groups is 1. The van der Waals surface area contributed by atoms with Crippen LogP contribution in [0.1, 0.15) is 11.1 Å². The van der Waals surface area contributed by atoms with E-state index in [1.807, 2.05) is 42.5 Å². The Hall–Kier alpha value is -3.50. The van der Waals surface area contributed by atoms with E-state index in [-0.39, 0.29) is 0 Å². The summed E-state index contributed by atoms with van der Waals surface area (Å²) in [6.07, 6.45) is 1.59. The van der Waals surface area contributed by atoms with Gasteiger partial charge >= 0.3 is 0 Å². The zero-order chi connectivity index (χ0) is 18.7. The summed E-state index contributed by atoms with van der Waals surface area (Å²) in [5.74, 6) is -0.531. The Bertz CT molecular complexity index is 1040. The molecule has 1 amide bonds. The molecule has 3 aromatic carbocycles. The number of benzene rings is 3. The molecule has 0 saturated carbocycles. The first-order valence-corrected chi connectivity index (χ1v) is 8.67. The van der Waals surface area contributed by atoms with E-state index >= 15 is 0 Å². The third-order valence-corrected chi connectivity index (χ3v) is 4.56. The van der Waals surface area contributed by atoms with Crippen molar-refractivity contribution in [2.45, 2.75) is 5.60 Å². The molecule has 0 radical (unpaired) electrons. The van der Waals surface area contributed by atoms with Gasteiger partial charge in [0.1, 0.15) is 0 Å². The summed E-state index contributed by atoms with van der Waals surface area (Å²) < 4.78 is 0. The van der Waals surface area contributed by atoms with Crippen molar-refractivity contribution in [3.63, 3.8) is 0 Å². The highest BCUT2D eigenvalue weighted by Crippen LogP contribution is 2.31. The number of amides is 1. The molecule has 0 fully saturated rings. The SMILES string of the molecule is O=C(Nc1cnc2ccccc2c1)C(O)(c1ccccc1)c1ccccc1. The van der Waals surface area contributed by atoms with Crippen LogP contribution in [-0.4, -0.2) is 16.0 Å². The van der Waals surface area contributed by atoms with Gasteiger partial charge in [0.25, 0.3) is 5.91 Å². The topological polar surface area (TPSA) is 62.2 Å². The van der Waals surface area contributed by atoms with Crippen LogP contribution in [0.4, 0.5) is 5.69 Å². The first kappa shape index (κ1) is 16.9. The second-order valence-corrected chi connectivity index (χ2v) is 6.31. The molecule has 0 bridgehead atoms. The summed E-state index contributed by atoms with van der Waals surface area (Å²) in [5, 5.41) is 15.2. The predicted octanol–water partition coefficient (Wildman–Crippen LogP) is 4.11. The van der Waals surface area contributed by atoms with Crippen molar-refractivity contribution in [1.29, 1.82) is 0 Å². The molecule has 1 aromatic heterocycles. The molecule has 0 spiro atoms. The molecule has 0 aliphatic carbocycles. The van der Waals surface area contributed by atoms with Crippen LogP contribution in [0.5, 0.6) is 0 Å². The molecule has 27 heavy (non-hydrogen) atoms. The minimum Gasteiger partial charge on any atom is -0.372 e. The summed E-state index contributed by atoms with van der Waals surface area (Å²) in [6.45, 7) is 0. The maximum absolute atomic E-state index is 13.2. The first-order chi connectivity index (χ1) is 13.2. The van der Waals surface area contributed by atoms with Crippen LogP contribution >= 0.6 is 0 Å². The molecule has 0 aliphatic rings. The fraction of sp³-hybridized carbons (Fsp3) is 0.0435. The van der Waals surface area contributed by atoms with Gasteiger partial charge < -0.3 is 10.4 Å². The molecular weight excluding hydrogens is 336 g/mol. The van der Waals surface area contributed by atoms with Crippen LogP contribution in [0, 0.1) is 0 Å². The fourth-order valence-electron chi connectivity index (χ4n) is 3.15. The number of hydrogen-bond acceptors (Lipinski definition) is 3. The smallest absolute Gasteiger partial charge is 0.265 e. The van der Waals surface area contributed by atoms with Crippen molar-refractivity contribution in [1.82, 2.24) is 4.98 Å². The largest absolute Gasteiger partial charge is 0.372 e. The van der Waals surface area contributed by atoms with Crippen molar-refractivity contribution in [2.24, 2.45) is 0 Å². The number of para-hydroxylation sites is 1. The molecule has 0 saturated heterocycles. The molecular formula is C23H18N2O2. The lowest BCUT2D eigenvalue weighted by molar-refractivity contribution is -0.131. The molecule has 4 aromatic rings. The van der Waals surface area contributed by atoms with Crippen LogP contribution in [0.3, 0.4) is 0 Å². The molecule has 0 aliphatic heterocycles. The minimum atomic E-state index is -1.81. The van der Waals surface area contributed by atoms with Crippen LogP contribution in [-0.2, 0) is 10.4 Å². The van der Waals surface area contributed by atoms with Crippen LogP contribution in [0.15, 0.2) is 97.2 Å². The van der Waals surface area contributed by atoms with E-state index < -0.39 is 11.5 Å². The second kappa shape index (κ2) is 7.02. The van der Waals surface area contributed by atoms with Gasteiger partial charge in [-0.25, -0.2) is 0 Å². The first-order valence-electron chi connectivity index (χ1n) is 8.67. The van der Waals surface area contributed by atoms with E-state index in [0.717, 1.165) is 10.9 Å². The third-order valence-electron chi connectivity index (χ3n) is 4.56. The lowest BCUT2D eigenvalue weighted by Crippen LogP contribution is -2.41. The van der Waals surface area contributed by atoms with Crippen molar-refractivity contribution in [3.8, 4) is 0 Å². The van der Waals surface area contributed by atoms with E-state index in [2.05, 4.69) is 10.3 Å². The van der Waals surface area contributed by atoms with E-state index in [9.17, 15) is 9.90 Å². The lowest BCUT2D eigenvalue weighted by atomic mass is 9.85. The van der Waals surface area contributed by atoms with Gasteiger partial charge in [0.2, 0.25) is 0 Å². The number of nitrogens with zero attached hydrogens (tertiary/aromatic N) is 1. The van der Waals surface area contributed by atoms with Crippen LogP contribution < -0.4 is 5.32 Å². The van der Waals surface area contributed by atoms with Crippen molar-refractivity contribution < 1.29 is 9.90 Å². The highest BCUT2D eigenvalue weighted by molar-refractivity contribution is 6.01. The average Bonchev–Trinajstić information content (AvgIpc) is 2.74. The lowest BCUT2D eigenvalue weighted by Gasteiger charge is -2.28. The maximum atomic E-state index is 13.2. The van der Waals surface area contributed by atoms with Crippen molar-refractivity contribution >= 4 is 22.5 Å². The number of pyridine rings is 1. The van der Waals surface area contributed by atoms with Gasteiger partial charge in [-0.15, -0.1) is 0 Å². The van der Waals surface area contributed by atoms with Crippen LogP contribution in [0.25, 0.3) is 10.9 Å². The second-order valence-electron chi connectivity index (χ2n) is 6.31. The number of rotatable bonds is 4. The maximum Gasteiger partial charge on any atom is 0.265 e. The number of hydrogen-bond donors (Lipinski definition) is 2. The Morgan fingerprint density at radius 1 is 0.815 bits per heavy atom. The average molecular weight is 354 g/mol. The van der Waals surface area contributed by atoms with Gasteiger partial charge in [-0.3, -0.25) is 9.78 Å². The van der Waals surface area contributed by atoms with E-state index in [4.69, 9.17) is 0 Å². The molecule has 4 nitrogen and oxygen atoms in total. The monoisotopic (exact) mass is 354 g/mol. The molecule has 4 heteroatoms. The zero-order valence-electron chi connectivity index (χ0n) is 14.5. The zero-order valence-corrected chi connectivity index (χ0v) is 14.5. The highest BCUT2D eigenvalue weighted by atomic mass is 16.3. The summed E-state index contributed by atoms with van der Waals surface area (Å²) in [5.41, 5.74) is 0.569. The number of nitrogens with one attached hydrogen (secondary N) is 1. The van der Waals surface area contributed by atoms with Crippen molar-refractivity contribution in [3.05, 3.63) is 108 Å². The molecule has 0 unspecified atom stereocenters.